The Balaban J connectivity index is 1.19. The molecule has 0 aromatic heterocycles. The standard InChI is InChI=1S/C42H45N5O6/c1-27(44-40(51)35(24-28-11-5-2-6-12-28)45-37(48)26-29-13-7-3-8-14-29)38(49)42(53)47-36(25-30-17-18-30)41(52)46-34(39(43)50)23-31-19-21-33(22-20-31)32-15-9-4-10-16-32/h2-16,19-22,27,30,34-36H,17-18,23-26H2,1H3,(H2,43,50)(H,44,51)(H,45,48)(H,46,52)(H,47,53)/t27?,34-,35-,36-/m0/s1. The molecule has 0 radical (unpaired) electrons. The predicted octanol–water partition coefficient (Wildman–Crippen LogP) is 3.20. The van der Waals surface area contributed by atoms with Gasteiger partial charge in [0.05, 0.1) is 12.5 Å². The van der Waals surface area contributed by atoms with E-state index in [1.54, 1.807) is 12.1 Å². The largest absolute Gasteiger partial charge is 0.368 e. The van der Waals surface area contributed by atoms with Gasteiger partial charge >= 0.3 is 0 Å². The van der Waals surface area contributed by atoms with Crippen molar-refractivity contribution in [3.05, 3.63) is 132 Å². The lowest BCUT2D eigenvalue weighted by Gasteiger charge is -2.23. The summed E-state index contributed by atoms with van der Waals surface area (Å²) in [5.41, 5.74) is 10.1. The summed E-state index contributed by atoms with van der Waals surface area (Å²) in [6.45, 7) is 1.37. The number of carbonyl (C=O) groups excluding carboxylic acids is 6. The molecule has 1 saturated carbocycles. The van der Waals surface area contributed by atoms with Crippen LogP contribution in [0.15, 0.2) is 115 Å². The molecule has 11 nitrogen and oxygen atoms in total. The number of nitrogens with two attached hydrogens (primary N) is 1. The van der Waals surface area contributed by atoms with E-state index in [0.717, 1.165) is 40.7 Å². The number of rotatable bonds is 18. The first-order chi connectivity index (χ1) is 25.5. The highest BCUT2D eigenvalue weighted by atomic mass is 16.2. The molecule has 0 saturated heterocycles. The summed E-state index contributed by atoms with van der Waals surface area (Å²) in [7, 11) is 0. The van der Waals surface area contributed by atoms with Crippen LogP contribution in [0.25, 0.3) is 11.1 Å². The van der Waals surface area contributed by atoms with Crippen molar-refractivity contribution in [3.63, 3.8) is 0 Å². The Morgan fingerprint density at radius 1 is 0.585 bits per heavy atom. The topological polar surface area (TPSA) is 177 Å². The summed E-state index contributed by atoms with van der Waals surface area (Å²) in [6.07, 6.45) is 2.35. The maximum absolute atomic E-state index is 13.5. The van der Waals surface area contributed by atoms with Gasteiger partial charge in [-0.15, -0.1) is 0 Å². The van der Waals surface area contributed by atoms with Crippen molar-refractivity contribution in [1.29, 1.82) is 0 Å². The highest BCUT2D eigenvalue weighted by Crippen LogP contribution is 2.33. The van der Waals surface area contributed by atoms with Crippen LogP contribution in [0.4, 0.5) is 0 Å². The van der Waals surface area contributed by atoms with E-state index in [-0.39, 0.29) is 37.5 Å². The summed E-state index contributed by atoms with van der Waals surface area (Å²) >= 11 is 0. The molecule has 11 heteroatoms. The van der Waals surface area contributed by atoms with Crippen LogP contribution in [0.2, 0.25) is 0 Å². The minimum atomic E-state index is -1.27. The van der Waals surface area contributed by atoms with E-state index in [4.69, 9.17) is 5.73 Å². The zero-order chi connectivity index (χ0) is 37.7. The minimum absolute atomic E-state index is 0.0535. The average Bonchev–Trinajstić information content (AvgIpc) is 3.99. The second-order valence-electron chi connectivity index (χ2n) is 13.5. The molecule has 4 atom stereocenters. The summed E-state index contributed by atoms with van der Waals surface area (Å²) in [5, 5.41) is 10.5. The number of nitrogens with one attached hydrogen (secondary N) is 4. The van der Waals surface area contributed by atoms with Crippen molar-refractivity contribution < 1.29 is 28.8 Å². The first-order valence-corrected chi connectivity index (χ1v) is 17.8. The van der Waals surface area contributed by atoms with E-state index < -0.39 is 53.6 Å². The molecule has 4 aromatic carbocycles. The monoisotopic (exact) mass is 715 g/mol. The fourth-order valence-electron chi connectivity index (χ4n) is 6.00. The molecule has 0 aliphatic heterocycles. The van der Waals surface area contributed by atoms with Gasteiger partial charge in [0.25, 0.3) is 5.91 Å². The number of amides is 5. The fraction of sp³-hybridized carbons (Fsp3) is 0.286. The Hall–Kier alpha value is -6.10. The van der Waals surface area contributed by atoms with Crippen molar-refractivity contribution in [1.82, 2.24) is 21.3 Å². The number of carbonyl (C=O) groups is 6. The highest BCUT2D eigenvalue weighted by molar-refractivity contribution is 6.38. The lowest BCUT2D eigenvalue weighted by molar-refractivity contribution is -0.141. The van der Waals surface area contributed by atoms with E-state index in [1.165, 1.54) is 6.92 Å². The summed E-state index contributed by atoms with van der Waals surface area (Å²) in [4.78, 5) is 78.8. The Kier molecular flexibility index (Phi) is 13.2. The van der Waals surface area contributed by atoms with Crippen molar-refractivity contribution in [3.8, 4) is 11.1 Å². The lowest BCUT2D eigenvalue weighted by Crippen LogP contribution is -2.57. The Morgan fingerprint density at radius 2 is 1.09 bits per heavy atom. The lowest BCUT2D eigenvalue weighted by atomic mass is 10.00. The average molecular weight is 716 g/mol. The van der Waals surface area contributed by atoms with E-state index >= 15 is 0 Å². The molecule has 1 unspecified atom stereocenters. The number of Topliss-reactive ketones (excluding diaryl/α,β-unsaturated/α-hetero) is 1. The Labute approximate surface area is 309 Å². The number of ketones is 1. The number of hydrogen-bond acceptors (Lipinski definition) is 6. The molecule has 5 rings (SSSR count). The van der Waals surface area contributed by atoms with Crippen molar-refractivity contribution in [2.75, 3.05) is 0 Å². The third-order valence-corrected chi connectivity index (χ3v) is 9.17. The molecule has 6 N–H and O–H groups in total. The number of hydrogen-bond donors (Lipinski definition) is 5. The molecule has 1 aliphatic carbocycles. The molecule has 1 aliphatic rings. The number of benzene rings is 4. The fourth-order valence-corrected chi connectivity index (χ4v) is 6.00. The summed E-state index contributed by atoms with van der Waals surface area (Å²) in [6, 6.07) is 31.1. The van der Waals surface area contributed by atoms with Gasteiger partial charge in [-0.05, 0) is 47.1 Å². The van der Waals surface area contributed by atoms with Crippen molar-refractivity contribution >= 4 is 35.3 Å². The normalized spacial score (nSPS) is 14.4. The van der Waals surface area contributed by atoms with E-state index in [2.05, 4.69) is 21.3 Å². The Bertz CT molecular complexity index is 1880. The Morgan fingerprint density at radius 3 is 1.68 bits per heavy atom. The first kappa shape index (κ1) is 38.1. The van der Waals surface area contributed by atoms with E-state index in [9.17, 15) is 28.8 Å². The zero-order valence-electron chi connectivity index (χ0n) is 29.6. The third kappa shape index (κ3) is 11.7. The van der Waals surface area contributed by atoms with E-state index in [0.29, 0.717) is 0 Å². The van der Waals surface area contributed by atoms with Gasteiger partial charge in [-0.2, -0.15) is 0 Å². The third-order valence-electron chi connectivity index (χ3n) is 9.17. The first-order valence-electron chi connectivity index (χ1n) is 17.8. The van der Waals surface area contributed by atoms with Crippen LogP contribution in [0, 0.1) is 5.92 Å². The predicted molar refractivity (Wildman–Crippen MR) is 201 cm³/mol. The van der Waals surface area contributed by atoms with Crippen LogP contribution in [-0.4, -0.2) is 59.5 Å². The van der Waals surface area contributed by atoms with Gasteiger partial charge < -0.3 is 27.0 Å². The molecule has 5 amide bonds. The molecular formula is C42H45N5O6. The SMILES string of the molecule is CC(NC(=O)[C@H](Cc1ccccc1)NC(=O)Cc1ccccc1)C(=O)C(=O)N[C@@H](CC1CC1)C(=O)N[C@@H](Cc1ccc(-c2ccccc2)cc1)C(N)=O. The molecular weight excluding hydrogens is 670 g/mol. The minimum Gasteiger partial charge on any atom is -0.368 e. The molecule has 0 heterocycles. The van der Waals surface area contributed by atoms with Crippen LogP contribution in [0.5, 0.6) is 0 Å². The molecule has 4 aromatic rings. The smallest absolute Gasteiger partial charge is 0.290 e. The quantitative estimate of drug-likeness (QED) is 0.0989. The zero-order valence-corrected chi connectivity index (χ0v) is 29.6. The molecule has 1 fully saturated rings. The second kappa shape index (κ2) is 18.4. The molecule has 53 heavy (non-hydrogen) atoms. The van der Waals surface area contributed by atoms with Gasteiger partial charge in [0.1, 0.15) is 18.1 Å². The van der Waals surface area contributed by atoms with Gasteiger partial charge in [-0.1, -0.05) is 128 Å². The molecule has 0 bridgehead atoms. The van der Waals surface area contributed by atoms with Crippen LogP contribution in [0.3, 0.4) is 0 Å². The van der Waals surface area contributed by atoms with Crippen LogP contribution >= 0.6 is 0 Å². The maximum Gasteiger partial charge on any atom is 0.290 e. The van der Waals surface area contributed by atoms with Gasteiger partial charge in [0.2, 0.25) is 29.4 Å². The molecule has 274 valence electrons. The highest BCUT2D eigenvalue weighted by Gasteiger charge is 2.35. The van der Waals surface area contributed by atoms with Crippen molar-refractivity contribution in [2.45, 2.75) is 69.6 Å². The molecule has 0 spiro atoms. The number of primary amides is 1. The van der Waals surface area contributed by atoms with Crippen LogP contribution in [-0.2, 0) is 48.0 Å². The summed E-state index contributed by atoms with van der Waals surface area (Å²) < 4.78 is 0. The summed E-state index contributed by atoms with van der Waals surface area (Å²) in [5.74, 6) is -4.24. The van der Waals surface area contributed by atoms with E-state index in [1.807, 2.05) is 103 Å². The van der Waals surface area contributed by atoms with Crippen LogP contribution < -0.4 is 27.0 Å². The van der Waals surface area contributed by atoms with Crippen molar-refractivity contribution in [2.24, 2.45) is 11.7 Å². The van der Waals surface area contributed by atoms with Gasteiger partial charge in [0.15, 0.2) is 0 Å². The van der Waals surface area contributed by atoms with Gasteiger partial charge in [0, 0.05) is 12.8 Å². The van der Waals surface area contributed by atoms with Gasteiger partial charge in [-0.25, -0.2) is 0 Å². The van der Waals surface area contributed by atoms with Crippen LogP contribution in [0.1, 0.15) is 42.9 Å². The maximum atomic E-state index is 13.5. The van der Waals surface area contributed by atoms with Gasteiger partial charge in [-0.3, -0.25) is 28.8 Å². The second-order valence-corrected chi connectivity index (χ2v) is 13.5.